The Bertz CT molecular complexity index is 1070. The minimum Gasteiger partial charge on any atom is -0.358 e. The van der Waals surface area contributed by atoms with Gasteiger partial charge < -0.3 is 15.2 Å². The molecule has 0 saturated heterocycles. The molecule has 0 fully saturated rings. The molecule has 3 aromatic rings. The standard InChI is InChI=1S/C22H20F2N4S/c1-13-21(27-22(29-13)14-4-3-8-25-11-14)28-9-7-18-15(12-28)10-19(26-18)20-16(23)5-2-6-17(20)24/h2-6,8,10-11,22,26-27H,7,9,12H2,1H3. The van der Waals surface area contributed by atoms with Gasteiger partial charge in [0, 0.05) is 48.1 Å². The highest BCUT2D eigenvalue weighted by atomic mass is 32.2. The average Bonchev–Trinajstić information content (AvgIpc) is 3.31. The average molecular weight is 410 g/mol. The Hall–Kier alpha value is -2.80. The number of aromatic nitrogens is 2. The number of halogens is 2. The van der Waals surface area contributed by atoms with E-state index in [0.29, 0.717) is 12.2 Å². The Morgan fingerprint density at radius 3 is 2.76 bits per heavy atom. The van der Waals surface area contributed by atoms with Crippen LogP contribution >= 0.6 is 11.8 Å². The first kappa shape index (κ1) is 18.2. The van der Waals surface area contributed by atoms with E-state index in [-0.39, 0.29) is 10.9 Å². The first-order valence-corrected chi connectivity index (χ1v) is 10.4. The van der Waals surface area contributed by atoms with Crippen LogP contribution in [0.3, 0.4) is 0 Å². The molecule has 2 aliphatic heterocycles. The monoisotopic (exact) mass is 410 g/mol. The molecule has 4 heterocycles. The minimum absolute atomic E-state index is 0.00929. The Morgan fingerprint density at radius 1 is 1.17 bits per heavy atom. The van der Waals surface area contributed by atoms with Crippen molar-refractivity contribution in [2.24, 2.45) is 0 Å². The van der Waals surface area contributed by atoms with E-state index in [1.807, 2.05) is 18.3 Å². The number of H-pyrrole nitrogens is 1. The van der Waals surface area contributed by atoms with Crippen molar-refractivity contribution in [3.05, 3.63) is 88.0 Å². The number of rotatable bonds is 3. The van der Waals surface area contributed by atoms with Gasteiger partial charge in [0.25, 0.3) is 0 Å². The minimum atomic E-state index is -0.549. The van der Waals surface area contributed by atoms with E-state index >= 15 is 0 Å². The van der Waals surface area contributed by atoms with Crippen molar-refractivity contribution in [2.75, 3.05) is 6.54 Å². The van der Waals surface area contributed by atoms with Gasteiger partial charge in [-0.25, -0.2) is 8.78 Å². The lowest BCUT2D eigenvalue weighted by Crippen LogP contribution is -2.35. The molecular formula is C22H20F2N4S. The number of nitrogens with zero attached hydrogens (tertiary/aromatic N) is 2. The highest BCUT2D eigenvalue weighted by Crippen LogP contribution is 2.41. The second-order valence-corrected chi connectivity index (χ2v) is 8.61. The zero-order valence-corrected chi connectivity index (χ0v) is 16.7. The lowest BCUT2D eigenvalue weighted by molar-refractivity contribution is 0.297. The predicted octanol–water partition coefficient (Wildman–Crippen LogP) is 4.94. The van der Waals surface area contributed by atoms with Crippen molar-refractivity contribution in [1.82, 2.24) is 20.2 Å². The number of thioether (sulfide) groups is 1. The number of nitrogens with one attached hydrogen (secondary N) is 2. The zero-order chi connectivity index (χ0) is 20.0. The maximum atomic E-state index is 14.2. The van der Waals surface area contributed by atoms with E-state index in [9.17, 15) is 8.78 Å². The summed E-state index contributed by atoms with van der Waals surface area (Å²) < 4.78 is 28.4. The van der Waals surface area contributed by atoms with Gasteiger partial charge in [0.2, 0.25) is 0 Å². The normalized spacial score (nSPS) is 18.7. The first-order valence-electron chi connectivity index (χ1n) is 9.54. The van der Waals surface area contributed by atoms with Crippen molar-refractivity contribution in [3.63, 3.8) is 0 Å². The molecule has 1 atom stereocenters. The Kier molecular flexibility index (Phi) is 4.54. The fraction of sp³-hybridized carbons (Fsp3) is 0.227. The zero-order valence-electron chi connectivity index (χ0n) is 15.9. The molecule has 0 saturated carbocycles. The molecule has 2 aliphatic rings. The van der Waals surface area contributed by atoms with Crippen LogP contribution in [-0.2, 0) is 13.0 Å². The molecule has 0 radical (unpaired) electrons. The van der Waals surface area contributed by atoms with E-state index in [2.05, 4.69) is 33.2 Å². The van der Waals surface area contributed by atoms with Crippen LogP contribution in [0.1, 0.15) is 29.1 Å². The van der Waals surface area contributed by atoms with E-state index in [0.717, 1.165) is 35.6 Å². The number of allylic oxidation sites excluding steroid dienone is 1. The molecule has 5 rings (SSSR count). The molecule has 0 amide bonds. The van der Waals surface area contributed by atoms with Crippen LogP contribution < -0.4 is 5.32 Å². The van der Waals surface area contributed by atoms with Gasteiger partial charge in [-0.05, 0) is 36.8 Å². The molecule has 0 aliphatic carbocycles. The smallest absolute Gasteiger partial charge is 0.135 e. The SMILES string of the molecule is CC1=C(N2CCc3[nH]c(-c4c(F)cccc4F)cc3C2)NC(c2cccnc2)S1. The Balaban J connectivity index is 1.38. The molecule has 0 spiro atoms. The largest absolute Gasteiger partial charge is 0.358 e. The third-order valence-corrected chi connectivity index (χ3v) is 6.59. The van der Waals surface area contributed by atoms with Crippen LogP contribution in [0.4, 0.5) is 8.78 Å². The summed E-state index contributed by atoms with van der Waals surface area (Å²) in [5.41, 5.74) is 3.77. The Morgan fingerprint density at radius 2 is 2.00 bits per heavy atom. The van der Waals surface area contributed by atoms with Gasteiger partial charge in [0.1, 0.15) is 22.8 Å². The van der Waals surface area contributed by atoms with Crippen LogP contribution in [0.5, 0.6) is 0 Å². The number of benzene rings is 1. The fourth-order valence-corrected chi connectivity index (χ4v) is 5.10. The van der Waals surface area contributed by atoms with Gasteiger partial charge >= 0.3 is 0 Å². The van der Waals surface area contributed by atoms with E-state index in [1.54, 1.807) is 18.0 Å². The topological polar surface area (TPSA) is 44.0 Å². The van der Waals surface area contributed by atoms with E-state index in [4.69, 9.17) is 0 Å². The lowest BCUT2D eigenvalue weighted by Gasteiger charge is -2.31. The molecule has 1 aromatic carbocycles. The summed E-state index contributed by atoms with van der Waals surface area (Å²) in [4.78, 5) is 11.0. The van der Waals surface area contributed by atoms with Crippen molar-refractivity contribution >= 4 is 11.8 Å². The van der Waals surface area contributed by atoms with Gasteiger partial charge in [-0.2, -0.15) is 0 Å². The molecule has 4 nitrogen and oxygen atoms in total. The highest BCUT2D eigenvalue weighted by Gasteiger charge is 2.29. The number of pyridine rings is 1. The maximum absolute atomic E-state index is 14.2. The number of fused-ring (bicyclic) bond motifs is 1. The van der Waals surface area contributed by atoms with Gasteiger partial charge in [-0.1, -0.05) is 23.9 Å². The van der Waals surface area contributed by atoms with Crippen LogP contribution in [-0.4, -0.2) is 21.4 Å². The molecule has 0 bridgehead atoms. The second kappa shape index (κ2) is 7.22. The molecular weight excluding hydrogens is 390 g/mol. The molecule has 29 heavy (non-hydrogen) atoms. The van der Waals surface area contributed by atoms with Gasteiger partial charge in [-0.15, -0.1) is 0 Å². The second-order valence-electron chi connectivity index (χ2n) is 7.29. The van der Waals surface area contributed by atoms with Gasteiger partial charge in [0.05, 0.1) is 11.3 Å². The summed E-state index contributed by atoms with van der Waals surface area (Å²) in [6.07, 6.45) is 4.46. The quantitative estimate of drug-likeness (QED) is 0.642. The van der Waals surface area contributed by atoms with Crippen molar-refractivity contribution in [2.45, 2.75) is 25.3 Å². The van der Waals surface area contributed by atoms with Crippen molar-refractivity contribution < 1.29 is 8.78 Å². The molecule has 2 N–H and O–H groups in total. The fourth-order valence-electron chi connectivity index (χ4n) is 4.00. The molecule has 148 valence electrons. The van der Waals surface area contributed by atoms with E-state index in [1.165, 1.54) is 23.1 Å². The summed E-state index contributed by atoms with van der Waals surface area (Å²) in [5, 5.41) is 3.76. The Labute approximate surface area is 172 Å². The lowest BCUT2D eigenvalue weighted by atomic mass is 10.1. The summed E-state index contributed by atoms with van der Waals surface area (Å²) in [6, 6.07) is 9.86. The van der Waals surface area contributed by atoms with Crippen LogP contribution in [0.15, 0.2) is 59.5 Å². The summed E-state index contributed by atoms with van der Waals surface area (Å²) in [5.74, 6) is 0.0219. The third-order valence-electron chi connectivity index (χ3n) is 5.42. The molecule has 1 unspecified atom stereocenters. The molecule has 7 heteroatoms. The third kappa shape index (κ3) is 3.29. The first-order chi connectivity index (χ1) is 14.1. The highest BCUT2D eigenvalue weighted by molar-refractivity contribution is 8.03. The van der Waals surface area contributed by atoms with Crippen LogP contribution in [0.2, 0.25) is 0 Å². The molecule has 2 aromatic heterocycles. The van der Waals surface area contributed by atoms with Crippen LogP contribution in [0, 0.1) is 11.6 Å². The van der Waals surface area contributed by atoms with Crippen molar-refractivity contribution in [3.8, 4) is 11.3 Å². The number of hydrogen-bond donors (Lipinski definition) is 2. The number of aromatic amines is 1. The van der Waals surface area contributed by atoms with E-state index < -0.39 is 11.6 Å². The van der Waals surface area contributed by atoms with Gasteiger partial charge in [-0.3, -0.25) is 4.98 Å². The number of hydrogen-bond acceptors (Lipinski definition) is 4. The summed E-state index contributed by atoms with van der Waals surface area (Å²) >= 11 is 1.79. The van der Waals surface area contributed by atoms with Crippen LogP contribution in [0.25, 0.3) is 11.3 Å². The van der Waals surface area contributed by atoms with Crippen molar-refractivity contribution in [1.29, 1.82) is 0 Å². The predicted molar refractivity (Wildman–Crippen MR) is 111 cm³/mol. The van der Waals surface area contributed by atoms with Gasteiger partial charge in [0.15, 0.2) is 0 Å². The summed E-state index contributed by atoms with van der Waals surface area (Å²) in [6.45, 7) is 3.66. The summed E-state index contributed by atoms with van der Waals surface area (Å²) in [7, 11) is 0. The maximum Gasteiger partial charge on any atom is 0.135 e.